The highest BCUT2D eigenvalue weighted by atomic mass is 79.9. The zero-order valence-electron chi connectivity index (χ0n) is 7.72. The zero-order chi connectivity index (χ0) is 10.1. The van der Waals surface area contributed by atoms with Gasteiger partial charge in [0.1, 0.15) is 0 Å². The lowest BCUT2D eigenvalue weighted by molar-refractivity contribution is 1.14. The maximum Gasteiger partial charge on any atom is 0.0714 e. The number of pyridine rings is 1. The molecule has 0 bridgehead atoms. The van der Waals surface area contributed by atoms with Crippen LogP contribution in [-0.4, -0.2) is 4.98 Å². The maximum atomic E-state index is 4.34. The molecule has 0 radical (unpaired) electrons. The Labute approximate surface area is 99.8 Å². The number of hydrogen-bond donors (Lipinski definition) is 0. The van der Waals surface area contributed by atoms with Crippen molar-refractivity contribution in [3.8, 4) is 0 Å². The summed E-state index contributed by atoms with van der Waals surface area (Å²) in [5.41, 5.74) is 2.36. The van der Waals surface area contributed by atoms with E-state index in [1.54, 1.807) is 0 Å². The van der Waals surface area contributed by atoms with Crippen LogP contribution in [0.5, 0.6) is 0 Å². The molecule has 1 aromatic heterocycles. The first-order valence-electron chi connectivity index (χ1n) is 4.45. The number of aryl methyl sites for hydroxylation is 1. The van der Waals surface area contributed by atoms with Crippen LogP contribution in [0.4, 0.5) is 0 Å². The van der Waals surface area contributed by atoms with Gasteiger partial charge in [0, 0.05) is 16.1 Å². The molecule has 0 aliphatic rings. The van der Waals surface area contributed by atoms with Crippen LogP contribution in [0, 0.1) is 0 Å². The number of aromatic nitrogens is 1. The van der Waals surface area contributed by atoms with Gasteiger partial charge < -0.3 is 0 Å². The molecule has 0 amide bonds. The van der Waals surface area contributed by atoms with Crippen molar-refractivity contribution in [3.63, 3.8) is 0 Å². The van der Waals surface area contributed by atoms with Gasteiger partial charge in [0.25, 0.3) is 0 Å². The van der Waals surface area contributed by atoms with E-state index < -0.39 is 0 Å². The van der Waals surface area contributed by atoms with E-state index in [0.29, 0.717) is 0 Å². The highest BCUT2D eigenvalue weighted by molar-refractivity contribution is 9.13. The molecule has 0 saturated carbocycles. The Morgan fingerprint density at radius 2 is 2.07 bits per heavy atom. The first-order valence-corrected chi connectivity index (χ1v) is 6.03. The van der Waals surface area contributed by atoms with Crippen molar-refractivity contribution in [2.24, 2.45) is 0 Å². The monoisotopic (exact) mass is 313 g/mol. The van der Waals surface area contributed by atoms with Crippen molar-refractivity contribution < 1.29 is 0 Å². The summed E-state index contributed by atoms with van der Waals surface area (Å²) in [6.07, 6.45) is 2.87. The molecule has 0 aliphatic heterocycles. The summed E-state index contributed by atoms with van der Waals surface area (Å²) in [5.74, 6) is 0. The molecule has 1 aromatic carbocycles. The third-order valence-electron chi connectivity index (χ3n) is 2.23. The molecule has 0 N–H and O–H groups in total. The first kappa shape index (κ1) is 10.1. The summed E-state index contributed by atoms with van der Waals surface area (Å²) in [6.45, 7) is 2.15. The Morgan fingerprint density at radius 1 is 1.29 bits per heavy atom. The fraction of sp³-hybridized carbons (Fsp3) is 0.182. The van der Waals surface area contributed by atoms with E-state index in [1.165, 1.54) is 10.9 Å². The first-order chi connectivity index (χ1) is 6.72. The van der Waals surface area contributed by atoms with Crippen LogP contribution in [0.15, 0.2) is 33.3 Å². The van der Waals surface area contributed by atoms with Crippen molar-refractivity contribution >= 4 is 42.8 Å². The van der Waals surface area contributed by atoms with E-state index in [1.807, 2.05) is 6.20 Å². The van der Waals surface area contributed by atoms with Crippen molar-refractivity contribution in [3.05, 3.63) is 38.9 Å². The lowest BCUT2D eigenvalue weighted by atomic mass is 10.1. The van der Waals surface area contributed by atoms with E-state index in [2.05, 4.69) is 62.0 Å². The second-order valence-electron chi connectivity index (χ2n) is 3.13. The Kier molecular flexibility index (Phi) is 2.88. The number of benzene rings is 1. The minimum atomic E-state index is 0.998. The van der Waals surface area contributed by atoms with Gasteiger partial charge in [0.2, 0.25) is 0 Å². The number of rotatable bonds is 1. The molecule has 72 valence electrons. The van der Waals surface area contributed by atoms with Gasteiger partial charge >= 0.3 is 0 Å². The van der Waals surface area contributed by atoms with Gasteiger partial charge in [-0.3, -0.25) is 4.98 Å². The zero-order valence-corrected chi connectivity index (χ0v) is 10.9. The minimum absolute atomic E-state index is 0.998. The van der Waals surface area contributed by atoms with Crippen molar-refractivity contribution in [1.82, 2.24) is 4.98 Å². The fourth-order valence-electron chi connectivity index (χ4n) is 1.40. The highest BCUT2D eigenvalue weighted by Crippen LogP contribution is 2.30. The molecule has 2 rings (SSSR count). The number of fused-ring (bicyclic) bond motifs is 1. The van der Waals surface area contributed by atoms with Crippen molar-refractivity contribution in [2.45, 2.75) is 13.3 Å². The van der Waals surface area contributed by atoms with Crippen molar-refractivity contribution in [1.29, 1.82) is 0 Å². The molecule has 0 atom stereocenters. The standard InChI is InChI=1S/C11H9Br2N/c1-2-7-3-4-10-8(5-7)11(13)9(12)6-14-10/h3-6H,2H2,1H3. The summed E-state index contributed by atoms with van der Waals surface area (Å²) in [7, 11) is 0. The van der Waals surface area contributed by atoms with E-state index in [0.717, 1.165) is 20.9 Å². The molecule has 0 spiro atoms. The average molecular weight is 315 g/mol. The summed E-state index contributed by atoms with van der Waals surface area (Å²) in [5, 5.41) is 1.17. The smallest absolute Gasteiger partial charge is 0.0714 e. The average Bonchev–Trinajstić information content (AvgIpc) is 2.23. The van der Waals surface area contributed by atoms with Crippen LogP contribution in [0.2, 0.25) is 0 Å². The Balaban J connectivity index is 2.78. The van der Waals surface area contributed by atoms with E-state index in [4.69, 9.17) is 0 Å². The van der Waals surface area contributed by atoms with Gasteiger partial charge in [-0.05, 0) is 56.0 Å². The summed E-state index contributed by atoms with van der Waals surface area (Å²) < 4.78 is 2.08. The number of nitrogens with zero attached hydrogens (tertiary/aromatic N) is 1. The Bertz CT molecular complexity index is 480. The van der Waals surface area contributed by atoms with Gasteiger partial charge in [-0.2, -0.15) is 0 Å². The summed E-state index contributed by atoms with van der Waals surface area (Å²) in [6, 6.07) is 6.36. The van der Waals surface area contributed by atoms with Crippen molar-refractivity contribution in [2.75, 3.05) is 0 Å². The molecule has 0 fully saturated rings. The van der Waals surface area contributed by atoms with Gasteiger partial charge in [0.05, 0.1) is 9.99 Å². The molecule has 1 nitrogen and oxygen atoms in total. The number of hydrogen-bond acceptors (Lipinski definition) is 1. The lowest BCUT2D eigenvalue weighted by Crippen LogP contribution is -1.85. The molecule has 14 heavy (non-hydrogen) atoms. The molecular formula is C11H9Br2N. The molecule has 0 saturated heterocycles. The summed E-state index contributed by atoms with van der Waals surface area (Å²) >= 11 is 7.01. The number of halogens is 2. The molecule has 3 heteroatoms. The third-order valence-corrected chi connectivity index (χ3v) is 4.22. The normalized spacial score (nSPS) is 10.8. The second kappa shape index (κ2) is 3.99. The SMILES string of the molecule is CCc1ccc2ncc(Br)c(Br)c2c1. The molecule has 0 unspecified atom stereocenters. The molecule has 1 heterocycles. The largest absolute Gasteiger partial charge is 0.255 e. The van der Waals surface area contributed by atoms with E-state index >= 15 is 0 Å². The fourth-order valence-corrected chi connectivity index (χ4v) is 2.14. The third kappa shape index (κ3) is 1.71. The predicted octanol–water partition coefficient (Wildman–Crippen LogP) is 4.32. The van der Waals surface area contributed by atoms with E-state index in [9.17, 15) is 0 Å². The van der Waals surface area contributed by atoms with E-state index in [-0.39, 0.29) is 0 Å². The molecule has 0 aliphatic carbocycles. The van der Waals surface area contributed by atoms with Gasteiger partial charge in [-0.15, -0.1) is 0 Å². The van der Waals surface area contributed by atoms with Crippen LogP contribution < -0.4 is 0 Å². The van der Waals surface area contributed by atoms with Crippen LogP contribution >= 0.6 is 31.9 Å². The topological polar surface area (TPSA) is 12.9 Å². The van der Waals surface area contributed by atoms with Gasteiger partial charge in [-0.25, -0.2) is 0 Å². The predicted molar refractivity (Wildman–Crippen MR) is 66.5 cm³/mol. The van der Waals surface area contributed by atoms with Gasteiger partial charge in [0.15, 0.2) is 0 Å². The second-order valence-corrected chi connectivity index (χ2v) is 4.77. The Hall–Kier alpha value is -0.410. The highest BCUT2D eigenvalue weighted by Gasteiger charge is 2.04. The van der Waals surface area contributed by atoms with Crippen LogP contribution in [0.1, 0.15) is 12.5 Å². The van der Waals surface area contributed by atoms with Crippen LogP contribution in [0.3, 0.4) is 0 Å². The van der Waals surface area contributed by atoms with Gasteiger partial charge in [-0.1, -0.05) is 13.0 Å². The van der Waals surface area contributed by atoms with Crippen LogP contribution in [-0.2, 0) is 6.42 Å². The summed E-state index contributed by atoms with van der Waals surface area (Å²) in [4.78, 5) is 4.34. The lowest BCUT2D eigenvalue weighted by Gasteiger charge is -2.04. The maximum absolute atomic E-state index is 4.34. The molecule has 2 aromatic rings. The Morgan fingerprint density at radius 3 is 2.79 bits per heavy atom. The minimum Gasteiger partial charge on any atom is -0.255 e. The van der Waals surface area contributed by atoms with Crippen LogP contribution in [0.25, 0.3) is 10.9 Å². The molecular weight excluding hydrogens is 306 g/mol. The quantitative estimate of drug-likeness (QED) is 0.764.